The number of alkyl halides is 3. The number of nitrogens with zero attached hydrogens (tertiary/aromatic N) is 1. The highest BCUT2D eigenvalue weighted by atomic mass is 32.2. The number of hydrogen-bond acceptors (Lipinski definition) is 7. The molecule has 0 heterocycles. The van der Waals surface area contributed by atoms with Crippen molar-refractivity contribution in [1.29, 1.82) is 0 Å². The van der Waals surface area contributed by atoms with Crippen LogP contribution in [-0.2, 0) is 34.1 Å². The van der Waals surface area contributed by atoms with Crippen LogP contribution in [0, 0.1) is 0 Å². The molecule has 0 aromatic heterocycles. The van der Waals surface area contributed by atoms with Crippen molar-refractivity contribution in [1.82, 2.24) is 5.43 Å². The number of ether oxygens (including phenoxy) is 1. The van der Waals surface area contributed by atoms with E-state index in [0.29, 0.717) is 18.7 Å². The number of amides is 1. The molecule has 1 amide bonds. The lowest BCUT2D eigenvalue weighted by Crippen LogP contribution is -2.20. The number of halogens is 3. The second-order valence-corrected chi connectivity index (χ2v) is 10.5. The smallest absolute Gasteiger partial charge is 0.416 e. The van der Waals surface area contributed by atoms with Crippen molar-refractivity contribution in [3.63, 3.8) is 0 Å². The van der Waals surface area contributed by atoms with Crippen LogP contribution < -0.4 is 19.7 Å². The average Bonchev–Trinajstić information content (AvgIpc) is 2.97. The number of para-hydroxylation sites is 1. The zero-order valence-electron chi connectivity index (χ0n) is 22.3. The molecule has 0 aliphatic carbocycles. The highest BCUT2D eigenvalue weighted by Crippen LogP contribution is 2.30. The Balaban J connectivity index is 1.35. The Morgan fingerprint density at radius 3 is 2.36 bits per heavy atom. The van der Waals surface area contributed by atoms with E-state index in [-0.39, 0.29) is 17.7 Å². The van der Waals surface area contributed by atoms with Crippen molar-refractivity contribution < 1.29 is 35.3 Å². The number of methoxy groups -OCH3 is 1. The van der Waals surface area contributed by atoms with Gasteiger partial charge in [0.15, 0.2) is 5.75 Å². The lowest BCUT2D eigenvalue weighted by Gasteiger charge is -2.11. The lowest BCUT2D eigenvalue weighted by atomic mass is 10.1. The number of rotatable bonds is 11. The van der Waals surface area contributed by atoms with Crippen LogP contribution in [0.2, 0.25) is 0 Å². The molecule has 0 atom stereocenters. The summed E-state index contributed by atoms with van der Waals surface area (Å²) in [6.45, 7) is 0.563. The fraction of sp³-hybridized carbons (Fsp3) is 0.133. The maximum absolute atomic E-state index is 12.8. The third kappa shape index (κ3) is 8.33. The molecular formula is C30H26F3N3O5S. The second kappa shape index (κ2) is 13.2. The van der Waals surface area contributed by atoms with Crippen molar-refractivity contribution in [3.05, 3.63) is 119 Å². The van der Waals surface area contributed by atoms with Crippen molar-refractivity contribution in [3.8, 4) is 11.5 Å². The molecule has 0 aliphatic heterocycles. The van der Waals surface area contributed by atoms with Crippen LogP contribution in [-0.4, -0.2) is 27.6 Å². The minimum absolute atomic E-state index is 0.0342. The van der Waals surface area contributed by atoms with Gasteiger partial charge in [0.1, 0.15) is 10.6 Å². The Labute approximate surface area is 240 Å². The van der Waals surface area contributed by atoms with E-state index in [1.165, 1.54) is 24.4 Å². The summed E-state index contributed by atoms with van der Waals surface area (Å²) in [5.74, 6) is 0.229. The first-order valence-electron chi connectivity index (χ1n) is 12.5. The Morgan fingerprint density at radius 1 is 0.905 bits per heavy atom. The molecule has 4 aromatic carbocycles. The quantitative estimate of drug-likeness (QED) is 0.129. The molecule has 0 aliphatic rings. The van der Waals surface area contributed by atoms with Crippen LogP contribution >= 0.6 is 0 Å². The predicted octanol–water partition coefficient (Wildman–Crippen LogP) is 5.79. The maximum Gasteiger partial charge on any atom is 0.416 e. The summed E-state index contributed by atoms with van der Waals surface area (Å²) in [7, 11) is -2.83. The van der Waals surface area contributed by atoms with E-state index in [9.17, 15) is 26.4 Å². The van der Waals surface area contributed by atoms with E-state index in [2.05, 4.69) is 15.8 Å². The SMILES string of the molecule is COc1cccc(CNc2cccc(CC(=O)N/N=C/c3ccccc3OS(=O)(=O)c3ccc(C(F)(F)F)cc3)c2)c1. The molecule has 2 N–H and O–H groups in total. The normalized spacial score (nSPS) is 11.7. The zero-order valence-corrected chi connectivity index (χ0v) is 23.1. The van der Waals surface area contributed by atoms with Crippen LogP contribution in [0.25, 0.3) is 0 Å². The fourth-order valence-electron chi connectivity index (χ4n) is 3.82. The van der Waals surface area contributed by atoms with Gasteiger partial charge >= 0.3 is 16.3 Å². The van der Waals surface area contributed by atoms with E-state index >= 15 is 0 Å². The average molecular weight is 598 g/mol. The van der Waals surface area contributed by atoms with Crippen LogP contribution in [0.3, 0.4) is 0 Å². The van der Waals surface area contributed by atoms with Gasteiger partial charge in [0.05, 0.1) is 25.3 Å². The Morgan fingerprint density at radius 2 is 1.62 bits per heavy atom. The minimum atomic E-state index is -4.60. The molecule has 0 radical (unpaired) electrons. The van der Waals surface area contributed by atoms with Gasteiger partial charge in [-0.3, -0.25) is 4.79 Å². The van der Waals surface area contributed by atoms with E-state index in [4.69, 9.17) is 8.92 Å². The van der Waals surface area contributed by atoms with Gasteiger partial charge in [-0.15, -0.1) is 0 Å². The lowest BCUT2D eigenvalue weighted by molar-refractivity contribution is -0.137. The van der Waals surface area contributed by atoms with Gasteiger partial charge in [-0.1, -0.05) is 36.4 Å². The summed E-state index contributed by atoms with van der Waals surface area (Å²) < 4.78 is 74.1. The third-order valence-electron chi connectivity index (χ3n) is 5.90. The Bertz CT molecular complexity index is 1670. The van der Waals surface area contributed by atoms with Crippen molar-refractivity contribution in [2.24, 2.45) is 5.10 Å². The monoisotopic (exact) mass is 597 g/mol. The molecule has 0 unspecified atom stereocenters. The van der Waals surface area contributed by atoms with E-state index in [0.717, 1.165) is 34.7 Å². The first-order chi connectivity index (χ1) is 20.0. The van der Waals surface area contributed by atoms with Crippen LogP contribution in [0.1, 0.15) is 22.3 Å². The first kappa shape index (κ1) is 30.1. The number of nitrogens with one attached hydrogen (secondary N) is 2. The molecule has 0 spiro atoms. The number of hydrogen-bond donors (Lipinski definition) is 2. The molecule has 42 heavy (non-hydrogen) atoms. The van der Waals surface area contributed by atoms with Gasteiger partial charge in [0.25, 0.3) is 0 Å². The molecule has 0 saturated heterocycles. The number of anilines is 1. The van der Waals surface area contributed by atoms with Crippen LogP contribution in [0.5, 0.6) is 11.5 Å². The Hall–Kier alpha value is -4.84. The van der Waals surface area contributed by atoms with Crippen LogP contribution in [0.4, 0.5) is 18.9 Å². The summed E-state index contributed by atoms with van der Waals surface area (Å²) in [5, 5.41) is 7.21. The van der Waals surface area contributed by atoms with Gasteiger partial charge in [0, 0.05) is 17.8 Å². The second-order valence-electron chi connectivity index (χ2n) is 8.97. The highest BCUT2D eigenvalue weighted by Gasteiger charge is 2.31. The van der Waals surface area contributed by atoms with Crippen molar-refractivity contribution >= 4 is 27.9 Å². The van der Waals surface area contributed by atoms with Gasteiger partial charge in [-0.25, -0.2) is 5.43 Å². The third-order valence-corrected chi connectivity index (χ3v) is 7.15. The molecule has 12 heteroatoms. The van der Waals surface area contributed by atoms with Gasteiger partial charge in [-0.05, 0) is 71.8 Å². The summed E-state index contributed by atoms with van der Waals surface area (Å²) in [4.78, 5) is 12.0. The molecule has 0 fully saturated rings. The summed E-state index contributed by atoms with van der Waals surface area (Å²) in [5.41, 5.74) is 4.23. The zero-order chi connectivity index (χ0) is 30.2. The molecule has 0 saturated carbocycles. The summed E-state index contributed by atoms with van der Waals surface area (Å²) in [6, 6.07) is 23.9. The molecule has 8 nitrogen and oxygen atoms in total. The number of carbonyl (C=O) groups is 1. The van der Waals surface area contributed by atoms with Gasteiger partial charge in [0.2, 0.25) is 5.91 Å². The Kier molecular flexibility index (Phi) is 9.48. The number of benzene rings is 4. The highest BCUT2D eigenvalue weighted by molar-refractivity contribution is 7.87. The molecule has 4 rings (SSSR count). The molecular weight excluding hydrogens is 571 g/mol. The maximum atomic E-state index is 12.8. The molecule has 218 valence electrons. The van der Waals surface area contributed by atoms with E-state index in [1.54, 1.807) is 19.2 Å². The van der Waals surface area contributed by atoms with Gasteiger partial charge in [-0.2, -0.15) is 26.7 Å². The molecule has 4 aromatic rings. The fourth-order valence-corrected chi connectivity index (χ4v) is 4.77. The molecule has 0 bridgehead atoms. The summed E-state index contributed by atoms with van der Waals surface area (Å²) in [6.07, 6.45) is -3.36. The van der Waals surface area contributed by atoms with Crippen LogP contribution in [0.15, 0.2) is 107 Å². The van der Waals surface area contributed by atoms with E-state index in [1.807, 2.05) is 42.5 Å². The van der Waals surface area contributed by atoms with Crippen molar-refractivity contribution in [2.75, 3.05) is 12.4 Å². The van der Waals surface area contributed by atoms with Gasteiger partial charge < -0.3 is 14.2 Å². The first-order valence-corrected chi connectivity index (χ1v) is 13.9. The number of carbonyl (C=O) groups excluding carboxylic acids is 1. The topological polar surface area (TPSA) is 106 Å². The predicted molar refractivity (Wildman–Crippen MR) is 152 cm³/mol. The standard InChI is InChI=1S/C30H26F3N3O5S/c1-40-26-10-5-7-22(17-26)19-34-25-9-4-6-21(16-25)18-29(37)36-35-20-23-8-2-3-11-28(23)41-42(38,39)27-14-12-24(13-15-27)30(31,32)33/h2-17,20,34H,18-19H2,1H3,(H,36,37)/b35-20+. The minimum Gasteiger partial charge on any atom is -0.497 e. The van der Waals surface area contributed by atoms with Crippen molar-refractivity contribution in [2.45, 2.75) is 24.0 Å². The van der Waals surface area contributed by atoms with E-state index < -0.39 is 32.7 Å². The summed E-state index contributed by atoms with van der Waals surface area (Å²) >= 11 is 0. The number of hydrazone groups is 1. The largest absolute Gasteiger partial charge is 0.497 e.